The summed E-state index contributed by atoms with van der Waals surface area (Å²) in [6.45, 7) is 9.22. The maximum Gasteiger partial charge on any atom is 0.211 e. The van der Waals surface area contributed by atoms with Crippen molar-refractivity contribution in [3.05, 3.63) is 0 Å². The van der Waals surface area contributed by atoms with Gasteiger partial charge in [0.1, 0.15) is 0 Å². The fourth-order valence-corrected chi connectivity index (χ4v) is 5.37. The van der Waals surface area contributed by atoms with Crippen molar-refractivity contribution in [3.63, 3.8) is 0 Å². The highest BCUT2D eigenvalue weighted by atomic mass is 127. The van der Waals surface area contributed by atoms with E-state index < -0.39 is 10.0 Å². The summed E-state index contributed by atoms with van der Waals surface area (Å²) in [5.74, 6) is 1.12. The van der Waals surface area contributed by atoms with Gasteiger partial charge in [0.2, 0.25) is 10.0 Å². The van der Waals surface area contributed by atoms with E-state index in [2.05, 4.69) is 36.4 Å². The fourth-order valence-electron chi connectivity index (χ4n) is 4.45. The van der Waals surface area contributed by atoms with Gasteiger partial charge in [-0.05, 0) is 38.5 Å². The van der Waals surface area contributed by atoms with Gasteiger partial charge in [-0.1, -0.05) is 13.8 Å². The number of nitrogens with one attached hydrogen (secondary N) is 2. The highest BCUT2D eigenvalue weighted by Gasteiger charge is 2.53. The van der Waals surface area contributed by atoms with Crippen LogP contribution in [0.5, 0.6) is 0 Å². The molecule has 160 valence electrons. The Morgan fingerprint density at radius 3 is 2.44 bits per heavy atom. The summed E-state index contributed by atoms with van der Waals surface area (Å²) in [5.41, 5.74) is 0.161. The zero-order valence-electron chi connectivity index (χ0n) is 17.3. The summed E-state index contributed by atoms with van der Waals surface area (Å²) in [5, 5.41) is 6.97. The van der Waals surface area contributed by atoms with Gasteiger partial charge in [-0.2, -0.15) is 0 Å². The smallest absolute Gasteiger partial charge is 0.211 e. The summed E-state index contributed by atoms with van der Waals surface area (Å²) in [6, 6.07) is 0.358. The van der Waals surface area contributed by atoms with Crippen molar-refractivity contribution >= 4 is 40.0 Å². The van der Waals surface area contributed by atoms with Gasteiger partial charge in [-0.25, -0.2) is 12.7 Å². The lowest BCUT2D eigenvalue weighted by molar-refractivity contribution is -0.133. The minimum Gasteiger partial charge on any atom is -0.378 e. The van der Waals surface area contributed by atoms with Crippen LogP contribution >= 0.6 is 24.0 Å². The standard InChI is InChI=1S/C18H36N4O3S.HI/c1-6-18(7-2)15(11-16(18)25-8-3)21-17(19-4)20-12-14-9-10-22(13-14)26(5,23)24;/h14-16H,6-13H2,1-5H3,(H2,19,20,21);1H. The predicted octanol–water partition coefficient (Wildman–Crippen LogP) is 2.03. The second-order valence-corrected chi connectivity index (χ2v) is 9.53. The van der Waals surface area contributed by atoms with Gasteiger partial charge in [-0.3, -0.25) is 4.99 Å². The topological polar surface area (TPSA) is 83.0 Å². The molecular weight excluding hydrogens is 479 g/mol. The quantitative estimate of drug-likeness (QED) is 0.293. The summed E-state index contributed by atoms with van der Waals surface area (Å²) in [4.78, 5) is 4.37. The lowest BCUT2D eigenvalue weighted by Crippen LogP contribution is -2.65. The predicted molar refractivity (Wildman–Crippen MR) is 121 cm³/mol. The molecule has 1 aliphatic carbocycles. The van der Waals surface area contributed by atoms with Crippen LogP contribution in [0.25, 0.3) is 0 Å². The molecule has 0 bridgehead atoms. The van der Waals surface area contributed by atoms with E-state index in [0.29, 0.717) is 31.2 Å². The molecule has 0 aromatic heterocycles. The van der Waals surface area contributed by atoms with Gasteiger partial charge in [0.05, 0.1) is 12.4 Å². The second-order valence-electron chi connectivity index (χ2n) is 7.55. The van der Waals surface area contributed by atoms with Crippen molar-refractivity contribution in [2.24, 2.45) is 16.3 Å². The molecule has 9 heteroatoms. The molecule has 0 aromatic carbocycles. The molecule has 2 N–H and O–H groups in total. The van der Waals surface area contributed by atoms with E-state index in [0.717, 1.165) is 44.8 Å². The van der Waals surface area contributed by atoms with Crippen LogP contribution in [0.1, 0.15) is 46.5 Å². The van der Waals surface area contributed by atoms with Crippen molar-refractivity contribution < 1.29 is 13.2 Å². The largest absolute Gasteiger partial charge is 0.378 e. The number of nitrogens with zero attached hydrogens (tertiary/aromatic N) is 2. The number of halogens is 1. The molecule has 2 aliphatic rings. The average Bonchev–Trinajstić information content (AvgIpc) is 3.07. The Balaban J connectivity index is 0.00000364. The number of hydrogen-bond donors (Lipinski definition) is 2. The van der Waals surface area contributed by atoms with E-state index in [1.165, 1.54) is 6.26 Å². The summed E-state index contributed by atoms with van der Waals surface area (Å²) < 4.78 is 30.8. The molecule has 3 unspecified atom stereocenters. The van der Waals surface area contributed by atoms with Gasteiger partial charge in [0, 0.05) is 44.7 Å². The molecule has 0 radical (unpaired) electrons. The maximum atomic E-state index is 11.6. The number of guanidine groups is 1. The normalized spacial score (nSPS) is 28.3. The molecule has 2 fully saturated rings. The van der Waals surface area contributed by atoms with E-state index in [1.54, 1.807) is 11.4 Å². The molecule has 0 amide bonds. The van der Waals surface area contributed by atoms with Crippen LogP contribution < -0.4 is 10.6 Å². The molecule has 3 atom stereocenters. The van der Waals surface area contributed by atoms with Crippen molar-refractivity contribution in [3.8, 4) is 0 Å². The van der Waals surface area contributed by atoms with E-state index in [9.17, 15) is 8.42 Å². The SMILES string of the molecule is CCOC1CC(NC(=NC)NCC2CCN(S(C)(=O)=O)C2)C1(CC)CC.I. The van der Waals surface area contributed by atoms with E-state index in [4.69, 9.17) is 4.74 Å². The molecule has 27 heavy (non-hydrogen) atoms. The number of ether oxygens (including phenoxy) is 1. The van der Waals surface area contributed by atoms with Crippen molar-refractivity contribution in [2.45, 2.75) is 58.6 Å². The van der Waals surface area contributed by atoms with Crippen molar-refractivity contribution in [2.75, 3.05) is 39.5 Å². The highest BCUT2D eigenvalue weighted by molar-refractivity contribution is 14.0. The molecule has 2 rings (SSSR count). The minimum atomic E-state index is -3.08. The Hall–Kier alpha value is -0.130. The second kappa shape index (κ2) is 10.6. The third kappa shape index (κ3) is 5.70. The van der Waals surface area contributed by atoms with Crippen LogP contribution in [0, 0.1) is 11.3 Å². The van der Waals surface area contributed by atoms with Crippen LogP contribution in [0.2, 0.25) is 0 Å². The number of sulfonamides is 1. The Labute approximate surface area is 182 Å². The first-order valence-electron chi connectivity index (χ1n) is 9.84. The summed E-state index contributed by atoms with van der Waals surface area (Å²) >= 11 is 0. The molecule has 0 aromatic rings. The molecule has 1 heterocycles. The molecule has 0 spiro atoms. The van der Waals surface area contributed by atoms with Crippen molar-refractivity contribution in [1.29, 1.82) is 0 Å². The molecule has 1 saturated heterocycles. The maximum absolute atomic E-state index is 11.6. The first kappa shape index (κ1) is 24.9. The Morgan fingerprint density at radius 1 is 1.30 bits per heavy atom. The van der Waals surface area contributed by atoms with Crippen LogP contribution in [-0.4, -0.2) is 70.4 Å². The van der Waals surface area contributed by atoms with Crippen LogP contribution in [0.15, 0.2) is 4.99 Å². The van der Waals surface area contributed by atoms with Gasteiger partial charge in [0.25, 0.3) is 0 Å². The molecule has 7 nitrogen and oxygen atoms in total. The third-order valence-corrected chi connectivity index (χ3v) is 7.55. The Kier molecular flexibility index (Phi) is 9.77. The Bertz CT molecular complexity index is 595. The molecule has 1 aliphatic heterocycles. The molecule has 1 saturated carbocycles. The Morgan fingerprint density at radius 2 is 1.96 bits per heavy atom. The van der Waals surface area contributed by atoms with Crippen LogP contribution in [0.3, 0.4) is 0 Å². The first-order valence-corrected chi connectivity index (χ1v) is 11.7. The summed E-state index contributed by atoms with van der Waals surface area (Å²) in [7, 11) is -1.30. The minimum absolute atomic E-state index is 0. The third-order valence-electron chi connectivity index (χ3n) is 6.28. The molecular formula is C18H37IN4O3S. The number of rotatable bonds is 8. The van der Waals surface area contributed by atoms with Gasteiger partial charge < -0.3 is 15.4 Å². The fraction of sp³-hybridized carbons (Fsp3) is 0.944. The van der Waals surface area contributed by atoms with Crippen LogP contribution in [-0.2, 0) is 14.8 Å². The van der Waals surface area contributed by atoms with Gasteiger partial charge >= 0.3 is 0 Å². The lowest BCUT2D eigenvalue weighted by atomic mass is 9.58. The van der Waals surface area contributed by atoms with E-state index in [1.807, 2.05) is 0 Å². The lowest BCUT2D eigenvalue weighted by Gasteiger charge is -2.55. The monoisotopic (exact) mass is 516 g/mol. The van der Waals surface area contributed by atoms with Gasteiger partial charge in [0.15, 0.2) is 5.96 Å². The average molecular weight is 516 g/mol. The van der Waals surface area contributed by atoms with Crippen molar-refractivity contribution in [1.82, 2.24) is 14.9 Å². The number of aliphatic imine (C=N–C) groups is 1. The number of hydrogen-bond acceptors (Lipinski definition) is 4. The zero-order chi connectivity index (χ0) is 19.4. The van der Waals surface area contributed by atoms with Crippen LogP contribution in [0.4, 0.5) is 0 Å². The summed E-state index contributed by atoms with van der Waals surface area (Å²) in [6.07, 6.45) is 5.64. The first-order chi connectivity index (χ1) is 12.3. The van der Waals surface area contributed by atoms with E-state index >= 15 is 0 Å². The van der Waals surface area contributed by atoms with Gasteiger partial charge in [-0.15, -0.1) is 24.0 Å². The van der Waals surface area contributed by atoms with E-state index in [-0.39, 0.29) is 29.4 Å². The zero-order valence-corrected chi connectivity index (χ0v) is 20.5. The highest BCUT2D eigenvalue weighted by Crippen LogP contribution is 2.48.